The fourth-order valence-corrected chi connectivity index (χ4v) is 7.98. The molecule has 0 unspecified atom stereocenters. The molecule has 8 aromatic rings. The number of benzene rings is 6. The van der Waals surface area contributed by atoms with Gasteiger partial charge in [0.05, 0.1) is 0 Å². The van der Waals surface area contributed by atoms with Crippen LogP contribution in [0, 0.1) is 0 Å². The van der Waals surface area contributed by atoms with E-state index in [9.17, 15) is 0 Å². The molecule has 8 rings (SSSR count). The summed E-state index contributed by atoms with van der Waals surface area (Å²) in [6.07, 6.45) is 0. The summed E-state index contributed by atoms with van der Waals surface area (Å²) in [5, 5.41) is 11.5. The second-order valence-electron chi connectivity index (χ2n) is 9.30. The minimum atomic E-state index is 1.26. The van der Waals surface area contributed by atoms with Crippen molar-refractivity contribution < 1.29 is 0 Å². The third-order valence-corrected chi connectivity index (χ3v) is 9.40. The maximum absolute atomic E-state index is 2.41. The Balaban J connectivity index is 1.48. The highest BCUT2D eigenvalue weighted by atomic mass is 32.1. The third-order valence-electron chi connectivity index (χ3n) is 7.34. The van der Waals surface area contributed by atoms with E-state index in [0.29, 0.717) is 0 Å². The Morgan fingerprint density at radius 3 is 1.78 bits per heavy atom. The van der Waals surface area contributed by atoms with Gasteiger partial charge in [-0.15, -0.1) is 22.7 Å². The second kappa shape index (κ2) is 7.76. The minimum absolute atomic E-state index is 1.26. The predicted octanol–water partition coefficient (Wildman–Crippen LogP) is 10.9. The van der Waals surface area contributed by atoms with Crippen LogP contribution in [0.5, 0.6) is 0 Å². The number of fused-ring (bicyclic) bond motifs is 7. The van der Waals surface area contributed by atoms with Crippen molar-refractivity contribution in [3.05, 3.63) is 121 Å². The lowest BCUT2D eigenvalue weighted by atomic mass is 9.86. The lowest BCUT2D eigenvalue weighted by Crippen LogP contribution is -1.90. The van der Waals surface area contributed by atoms with Crippen molar-refractivity contribution in [1.82, 2.24) is 0 Å². The van der Waals surface area contributed by atoms with Gasteiger partial charge in [0.15, 0.2) is 0 Å². The fraction of sp³-hybridized carbons (Fsp3) is 0. The van der Waals surface area contributed by atoms with Gasteiger partial charge in [-0.3, -0.25) is 0 Å². The maximum atomic E-state index is 2.41. The van der Waals surface area contributed by atoms with Gasteiger partial charge in [-0.05, 0) is 72.8 Å². The Morgan fingerprint density at radius 2 is 1.08 bits per heavy atom. The van der Waals surface area contributed by atoms with Crippen molar-refractivity contribution in [2.75, 3.05) is 0 Å². The first-order valence-electron chi connectivity index (χ1n) is 12.2. The van der Waals surface area contributed by atoms with Crippen LogP contribution in [0.2, 0.25) is 0 Å². The molecule has 0 aliphatic carbocycles. The molecule has 2 heterocycles. The predicted molar refractivity (Wildman–Crippen MR) is 161 cm³/mol. The van der Waals surface area contributed by atoms with Crippen LogP contribution in [-0.2, 0) is 0 Å². The SMILES string of the molecule is c1ccc(-c2c3ccccc3c(-c3ccc4c(c3)sc3ccc5ccsc5c34)c3ccccc23)cc1. The normalized spacial score (nSPS) is 11.9. The average molecular weight is 493 g/mol. The molecule has 0 saturated heterocycles. The molecule has 0 radical (unpaired) electrons. The number of hydrogen-bond donors (Lipinski definition) is 0. The lowest BCUT2D eigenvalue weighted by molar-refractivity contribution is 1.66. The number of thiophene rings is 2. The monoisotopic (exact) mass is 492 g/mol. The van der Waals surface area contributed by atoms with Gasteiger partial charge in [0.1, 0.15) is 0 Å². The molecule has 0 amide bonds. The van der Waals surface area contributed by atoms with Crippen LogP contribution < -0.4 is 0 Å². The van der Waals surface area contributed by atoms with E-state index < -0.39 is 0 Å². The molecule has 168 valence electrons. The number of rotatable bonds is 2. The second-order valence-corrected chi connectivity index (χ2v) is 11.3. The summed E-state index contributed by atoms with van der Waals surface area (Å²) >= 11 is 3.75. The van der Waals surface area contributed by atoms with Gasteiger partial charge in [0.25, 0.3) is 0 Å². The largest absolute Gasteiger partial charge is 0.143 e. The van der Waals surface area contributed by atoms with Crippen molar-refractivity contribution in [2.24, 2.45) is 0 Å². The molecule has 0 spiro atoms. The summed E-state index contributed by atoms with van der Waals surface area (Å²) in [5.41, 5.74) is 5.18. The summed E-state index contributed by atoms with van der Waals surface area (Å²) < 4.78 is 4.12. The van der Waals surface area contributed by atoms with Crippen molar-refractivity contribution in [3.8, 4) is 22.3 Å². The van der Waals surface area contributed by atoms with Crippen LogP contribution >= 0.6 is 22.7 Å². The van der Waals surface area contributed by atoms with Crippen LogP contribution in [0.1, 0.15) is 0 Å². The molecule has 0 aliphatic heterocycles. The van der Waals surface area contributed by atoms with E-state index >= 15 is 0 Å². The van der Waals surface area contributed by atoms with E-state index in [1.165, 1.54) is 74.1 Å². The first kappa shape index (κ1) is 20.2. The molecule has 0 fully saturated rings. The molecule has 2 aromatic heterocycles. The van der Waals surface area contributed by atoms with Crippen LogP contribution in [0.25, 0.3) is 74.1 Å². The van der Waals surface area contributed by atoms with E-state index in [2.05, 4.69) is 121 Å². The van der Waals surface area contributed by atoms with Crippen LogP contribution in [-0.4, -0.2) is 0 Å². The van der Waals surface area contributed by atoms with Crippen molar-refractivity contribution in [2.45, 2.75) is 0 Å². The Kier molecular flexibility index (Phi) is 4.36. The minimum Gasteiger partial charge on any atom is -0.143 e. The van der Waals surface area contributed by atoms with Crippen molar-refractivity contribution >= 4 is 74.5 Å². The highest BCUT2D eigenvalue weighted by Crippen LogP contribution is 2.46. The molecule has 0 N–H and O–H groups in total. The Bertz CT molecular complexity index is 2030. The fourth-order valence-electron chi connectivity index (χ4n) is 5.80. The van der Waals surface area contributed by atoms with Gasteiger partial charge < -0.3 is 0 Å². The third kappa shape index (κ3) is 2.86. The van der Waals surface area contributed by atoms with E-state index in [1.807, 2.05) is 22.7 Å². The van der Waals surface area contributed by atoms with Gasteiger partial charge in [0.2, 0.25) is 0 Å². The smallest absolute Gasteiger partial charge is 0.0435 e. The topological polar surface area (TPSA) is 0 Å². The van der Waals surface area contributed by atoms with Gasteiger partial charge in [-0.25, -0.2) is 0 Å². The van der Waals surface area contributed by atoms with Crippen molar-refractivity contribution in [3.63, 3.8) is 0 Å². The van der Waals surface area contributed by atoms with Crippen LogP contribution in [0.4, 0.5) is 0 Å². The van der Waals surface area contributed by atoms with Crippen LogP contribution in [0.15, 0.2) is 121 Å². The molecule has 0 aliphatic rings. The summed E-state index contributed by atoms with van der Waals surface area (Å²) in [7, 11) is 0. The van der Waals surface area contributed by atoms with Gasteiger partial charge in [0, 0.05) is 24.9 Å². The zero-order chi connectivity index (χ0) is 23.6. The van der Waals surface area contributed by atoms with Gasteiger partial charge in [-0.2, -0.15) is 0 Å². The first-order valence-corrected chi connectivity index (χ1v) is 13.9. The van der Waals surface area contributed by atoms with Crippen LogP contribution in [0.3, 0.4) is 0 Å². The molecule has 6 aromatic carbocycles. The quantitative estimate of drug-likeness (QED) is 0.211. The molecular weight excluding hydrogens is 473 g/mol. The maximum Gasteiger partial charge on any atom is 0.0435 e. The van der Waals surface area contributed by atoms with Crippen molar-refractivity contribution in [1.29, 1.82) is 0 Å². The molecule has 2 heteroatoms. The highest BCUT2D eigenvalue weighted by Gasteiger charge is 2.17. The van der Waals surface area contributed by atoms with E-state index in [4.69, 9.17) is 0 Å². The summed E-state index contributed by atoms with van der Waals surface area (Å²) in [6.45, 7) is 0. The Labute approximate surface area is 216 Å². The zero-order valence-corrected chi connectivity index (χ0v) is 21.0. The van der Waals surface area contributed by atoms with Gasteiger partial charge >= 0.3 is 0 Å². The van der Waals surface area contributed by atoms with Gasteiger partial charge in [-0.1, -0.05) is 97.1 Å². The molecule has 0 bridgehead atoms. The first-order chi connectivity index (χ1) is 17.9. The summed E-state index contributed by atoms with van der Waals surface area (Å²) in [5.74, 6) is 0. The Hall–Kier alpha value is -3.98. The molecule has 0 saturated carbocycles. The lowest BCUT2D eigenvalue weighted by Gasteiger charge is -2.17. The molecule has 36 heavy (non-hydrogen) atoms. The van der Waals surface area contributed by atoms with E-state index in [-0.39, 0.29) is 0 Å². The summed E-state index contributed by atoms with van der Waals surface area (Å²) in [4.78, 5) is 0. The highest BCUT2D eigenvalue weighted by molar-refractivity contribution is 7.27. The zero-order valence-electron chi connectivity index (χ0n) is 19.4. The number of hydrogen-bond acceptors (Lipinski definition) is 2. The van der Waals surface area contributed by atoms with E-state index in [0.717, 1.165) is 0 Å². The standard InChI is InChI=1S/C34H20S2/c1-2-8-21(9-3-1)31-24-10-4-6-12-26(24)32(27-13-7-5-11-25(27)31)23-14-16-28-30(20-23)36-29-17-15-22-18-19-35-34(22)33(28)29/h1-20H. The molecule has 0 nitrogen and oxygen atoms in total. The average Bonchev–Trinajstić information content (AvgIpc) is 3.56. The Morgan fingerprint density at radius 1 is 0.444 bits per heavy atom. The summed E-state index contributed by atoms with van der Waals surface area (Å²) in [6, 6.07) is 42.4. The molecule has 0 atom stereocenters. The molecular formula is C34H20S2. The van der Waals surface area contributed by atoms with E-state index in [1.54, 1.807) is 0 Å².